The number of ether oxygens (including phenoxy) is 1. The third-order valence-electron chi connectivity index (χ3n) is 3.69. The van der Waals surface area contributed by atoms with E-state index in [4.69, 9.17) is 4.74 Å². The van der Waals surface area contributed by atoms with Crippen LogP contribution in [0.4, 0.5) is 8.78 Å². The van der Waals surface area contributed by atoms with Gasteiger partial charge in [-0.15, -0.1) is 0 Å². The van der Waals surface area contributed by atoms with E-state index in [1.54, 1.807) is 0 Å². The van der Waals surface area contributed by atoms with Crippen LogP contribution in [0.3, 0.4) is 0 Å². The summed E-state index contributed by atoms with van der Waals surface area (Å²) in [5.74, 6) is -1.07. The summed E-state index contributed by atoms with van der Waals surface area (Å²) in [5.41, 5.74) is -0.175. The summed E-state index contributed by atoms with van der Waals surface area (Å²) in [6.07, 6.45) is 0.876. The Balaban J connectivity index is 2.13. The van der Waals surface area contributed by atoms with Gasteiger partial charge in [0.1, 0.15) is 11.6 Å². The highest BCUT2D eigenvalue weighted by molar-refractivity contribution is 9.10. The quantitative estimate of drug-likeness (QED) is 0.862. The molecule has 1 aliphatic rings. The van der Waals surface area contributed by atoms with Gasteiger partial charge in [0, 0.05) is 24.3 Å². The SMILES string of the molecule is CC1OCCC1(C)NCc1c(F)ccc(Br)c1F. The zero-order chi connectivity index (χ0) is 13.3. The van der Waals surface area contributed by atoms with E-state index in [-0.39, 0.29) is 28.2 Å². The Morgan fingerprint density at radius 3 is 2.83 bits per heavy atom. The van der Waals surface area contributed by atoms with Crippen molar-refractivity contribution in [1.82, 2.24) is 5.32 Å². The summed E-state index contributed by atoms with van der Waals surface area (Å²) in [5, 5.41) is 3.21. The molecule has 1 heterocycles. The largest absolute Gasteiger partial charge is 0.377 e. The third-order valence-corrected chi connectivity index (χ3v) is 4.31. The molecule has 0 aliphatic carbocycles. The van der Waals surface area contributed by atoms with E-state index in [0.717, 1.165) is 6.42 Å². The predicted molar refractivity (Wildman–Crippen MR) is 69.3 cm³/mol. The third kappa shape index (κ3) is 2.58. The van der Waals surface area contributed by atoms with E-state index in [1.807, 2.05) is 13.8 Å². The Labute approximate surface area is 114 Å². The molecule has 0 saturated carbocycles. The number of halogens is 3. The van der Waals surface area contributed by atoms with Crippen LogP contribution in [0.1, 0.15) is 25.8 Å². The minimum Gasteiger partial charge on any atom is -0.377 e. The first-order chi connectivity index (χ1) is 8.44. The summed E-state index contributed by atoms with van der Waals surface area (Å²) in [7, 11) is 0. The second kappa shape index (κ2) is 5.23. The molecule has 1 aromatic rings. The van der Waals surface area contributed by atoms with Gasteiger partial charge in [-0.1, -0.05) is 0 Å². The maximum Gasteiger partial charge on any atom is 0.144 e. The summed E-state index contributed by atoms with van der Waals surface area (Å²) < 4.78 is 33.2. The van der Waals surface area contributed by atoms with Gasteiger partial charge in [-0.25, -0.2) is 8.78 Å². The Morgan fingerprint density at radius 1 is 1.50 bits per heavy atom. The molecule has 1 aliphatic heterocycles. The van der Waals surface area contributed by atoms with Gasteiger partial charge in [-0.05, 0) is 48.3 Å². The molecule has 0 aromatic heterocycles. The summed E-state index contributed by atoms with van der Waals surface area (Å²) in [4.78, 5) is 0. The van der Waals surface area contributed by atoms with Crippen molar-refractivity contribution in [2.24, 2.45) is 0 Å². The molecule has 0 bridgehead atoms. The molecule has 1 aromatic carbocycles. The Hall–Kier alpha value is -0.520. The highest BCUT2D eigenvalue weighted by atomic mass is 79.9. The van der Waals surface area contributed by atoms with Crippen molar-refractivity contribution in [3.63, 3.8) is 0 Å². The minimum atomic E-state index is -0.544. The first-order valence-corrected chi connectivity index (χ1v) is 6.72. The molecule has 100 valence electrons. The maximum atomic E-state index is 13.8. The van der Waals surface area contributed by atoms with Gasteiger partial charge in [0.2, 0.25) is 0 Å². The molecule has 0 radical (unpaired) electrons. The normalized spacial score (nSPS) is 27.7. The molecule has 5 heteroatoms. The fourth-order valence-electron chi connectivity index (χ4n) is 2.09. The van der Waals surface area contributed by atoms with Crippen LogP contribution in [0, 0.1) is 11.6 Å². The first-order valence-electron chi connectivity index (χ1n) is 5.93. The lowest BCUT2D eigenvalue weighted by Crippen LogP contribution is -2.47. The van der Waals surface area contributed by atoms with E-state index in [1.165, 1.54) is 12.1 Å². The number of benzene rings is 1. The smallest absolute Gasteiger partial charge is 0.144 e. The Morgan fingerprint density at radius 2 is 2.22 bits per heavy atom. The van der Waals surface area contributed by atoms with Crippen LogP contribution in [0.25, 0.3) is 0 Å². The second-order valence-corrected chi connectivity index (χ2v) is 5.71. The molecule has 1 fully saturated rings. The predicted octanol–water partition coefficient (Wildman–Crippen LogP) is 3.38. The average Bonchev–Trinajstić information content (AvgIpc) is 2.65. The van der Waals surface area contributed by atoms with Crippen LogP contribution in [0.5, 0.6) is 0 Å². The van der Waals surface area contributed by atoms with Crippen molar-refractivity contribution in [3.8, 4) is 0 Å². The standard InChI is InChI=1S/C13H16BrF2NO/c1-8-13(2,5-6-18-8)17-7-9-11(15)4-3-10(14)12(9)16/h3-4,8,17H,5-7H2,1-2H3. The Kier molecular flexibility index (Phi) is 4.04. The van der Waals surface area contributed by atoms with Gasteiger partial charge in [0.25, 0.3) is 0 Å². The molecule has 2 nitrogen and oxygen atoms in total. The van der Waals surface area contributed by atoms with Gasteiger partial charge in [-0.2, -0.15) is 0 Å². The van der Waals surface area contributed by atoms with Gasteiger partial charge in [0.15, 0.2) is 0 Å². The summed E-state index contributed by atoms with van der Waals surface area (Å²) >= 11 is 3.06. The Bertz CT molecular complexity index is 455. The fraction of sp³-hybridized carbons (Fsp3) is 0.538. The highest BCUT2D eigenvalue weighted by Gasteiger charge is 2.36. The maximum absolute atomic E-state index is 13.8. The first kappa shape index (κ1) is 13.9. The molecular formula is C13H16BrF2NO. The van der Waals surface area contributed by atoms with Crippen LogP contribution >= 0.6 is 15.9 Å². The van der Waals surface area contributed by atoms with E-state index >= 15 is 0 Å². The number of hydrogen-bond donors (Lipinski definition) is 1. The van der Waals surface area contributed by atoms with E-state index in [9.17, 15) is 8.78 Å². The lowest BCUT2D eigenvalue weighted by Gasteiger charge is -2.29. The number of nitrogens with one attached hydrogen (secondary N) is 1. The van der Waals surface area contributed by atoms with Crippen molar-refractivity contribution < 1.29 is 13.5 Å². The van der Waals surface area contributed by atoms with Crippen LogP contribution in [0.2, 0.25) is 0 Å². The van der Waals surface area contributed by atoms with E-state index in [2.05, 4.69) is 21.2 Å². The second-order valence-electron chi connectivity index (χ2n) is 4.86. The minimum absolute atomic E-state index is 0.0378. The average molecular weight is 320 g/mol. The lowest BCUT2D eigenvalue weighted by molar-refractivity contribution is 0.0879. The monoisotopic (exact) mass is 319 g/mol. The van der Waals surface area contributed by atoms with Crippen molar-refractivity contribution in [2.45, 2.75) is 38.5 Å². The van der Waals surface area contributed by atoms with Crippen molar-refractivity contribution in [1.29, 1.82) is 0 Å². The molecular weight excluding hydrogens is 304 g/mol. The van der Waals surface area contributed by atoms with Crippen LogP contribution in [-0.4, -0.2) is 18.2 Å². The molecule has 2 unspecified atom stereocenters. The molecule has 0 amide bonds. The molecule has 1 N–H and O–H groups in total. The highest BCUT2D eigenvalue weighted by Crippen LogP contribution is 2.27. The summed E-state index contributed by atoms with van der Waals surface area (Å²) in [6, 6.07) is 2.64. The molecule has 2 rings (SSSR count). The van der Waals surface area contributed by atoms with Gasteiger partial charge in [0.05, 0.1) is 10.6 Å². The van der Waals surface area contributed by atoms with Crippen LogP contribution in [-0.2, 0) is 11.3 Å². The molecule has 18 heavy (non-hydrogen) atoms. The number of rotatable bonds is 3. The van der Waals surface area contributed by atoms with E-state index in [0.29, 0.717) is 6.61 Å². The zero-order valence-electron chi connectivity index (χ0n) is 10.4. The molecule has 0 spiro atoms. The fourth-order valence-corrected chi connectivity index (χ4v) is 2.46. The topological polar surface area (TPSA) is 21.3 Å². The zero-order valence-corrected chi connectivity index (χ0v) is 12.0. The van der Waals surface area contributed by atoms with Crippen molar-refractivity contribution in [2.75, 3.05) is 6.61 Å². The van der Waals surface area contributed by atoms with Crippen LogP contribution in [0.15, 0.2) is 16.6 Å². The van der Waals surface area contributed by atoms with Gasteiger partial charge >= 0.3 is 0 Å². The van der Waals surface area contributed by atoms with Gasteiger partial charge in [-0.3, -0.25) is 0 Å². The lowest BCUT2D eigenvalue weighted by atomic mass is 9.94. The van der Waals surface area contributed by atoms with Gasteiger partial charge < -0.3 is 10.1 Å². The molecule has 1 saturated heterocycles. The van der Waals surface area contributed by atoms with Crippen LogP contribution < -0.4 is 5.32 Å². The summed E-state index contributed by atoms with van der Waals surface area (Å²) in [6.45, 7) is 4.81. The van der Waals surface area contributed by atoms with E-state index < -0.39 is 11.6 Å². The molecule has 2 atom stereocenters. The number of hydrogen-bond acceptors (Lipinski definition) is 2. The van der Waals surface area contributed by atoms with Crippen molar-refractivity contribution in [3.05, 3.63) is 33.8 Å². The van der Waals surface area contributed by atoms with Crippen molar-refractivity contribution >= 4 is 15.9 Å².